The summed E-state index contributed by atoms with van der Waals surface area (Å²) in [6.45, 7) is 7.65. The zero-order valence-electron chi connectivity index (χ0n) is 11.7. The van der Waals surface area contributed by atoms with Crippen LogP contribution < -0.4 is 4.90 Å². The van der Waals surface area contributed by atoms with Crippen molar-refractivity contribution in [1.29, 1.82) is 0 Å². The minimum absolute atomic E-state index is 1.05. The Morgan fingerprint density at radius 2 is 2.05 bits per heavy atom. The van der Waals surface area contributed by atoms with Crippen LogP contribution in [0.25, 0.3) is 10.2 Å². The van der Waals surface area contributed by atoms with Crippen LogP contribution in [-0.2, 0) is 6.42 Å². The van der Waals surface area contributed by atoms with Gasteiger partial charge in [0.2, 0.25) is 0 Å². The molecule has 3 rings (SSSR count). The highest BCUT2D eigenvalue weighted by Gasteiger charge is 2.20. The molecule has 1 aliphatic heterocycles. The zero-order chi connectivity index (χ0) is 13.9. The van der Waals surface area contributed by atoms with Crippen LogP contribution in [0.5, 0.6) is 0 Å². The lowest BCUT2D eigenvalue weighted by molar-refractivity contribution is 0.273. The molecule has 2 aromatic heterocycles. The quantitative estimate of drug-likeness (QED) is 0.790. The first-order valence-electron chi connectivity index (χ1n) is 7.08. The third kappa shape index (κ3) is 2.82. The van der Waals surface area contributed by atoms with Gasteiger partial charge < -0.3 is 4.90 Å². The van der Waals surface area contributed by atoms with Gasteiger partial charge in [-0.3, -0.25) is 4.90 Å². The summed E-state index contributed by atoms with van der Waals surface area (Å²) in [5, 5.41) is 2.28. The zero-order valence-corrected chi connectivity index (χ0v) is 14.1. The standard InChI is InChI=1S/C14H19BrN4S/c1-2-11-9-12-13(16-10-17-14(12)20-11)19-7-5-18(4-3-15)6-8-19/h9-10H,2-8H2,1H3. The number of piperazine rings is 1. The van der Waals surface area contributed by atoms with E-state index in [1.165, 1.54) is 10.3 Å². The molecular formula is C14H19BrN4S. The van der Waals surface area contributed by atoms with Gasteiger partial charge in [0, 0.05) is 42.9 Å². The van der Waals surface area contributed by atoms with Crippen LogP contribution >= 0.6 is 27.3 Å². The van der Waals surface area contributed by atoms with Crippen LogP contribution in [-0.4, -0.2) is 52.9 Å². The summed E-state index contributed by atoms with van der Waals surface area (Å²) in [5.74, 6) is 1.12. The Morgan fingerprint density at radius 3 is 2.75 bits per heavy atom. The smallest absolute Gasteiger partial charge is 0.140 e. The molecule has 108 valence electrons. The van der Waals surface area contributed by atoms with E-state index in [4.69, 9.17) is 0 Å². The van der Waals surface area contributed by atoms with E-state index in [0.29, 0.717) is 0 Å². The Bertz CT molecular complexity index is 578. The largest absolute Gasteiger partial charge is 0.353 e. The van der Waals surface area contributed by atoms with Crippen LogP contribution in [0.3, 0.4) is 0 Å². The van der Waals surface area contributed by atoms with E-state index in [1.54, 1.807) is 17.7 Å². The molecule has 2 aromatic rings. The van der Waals surface area contributed by atoms with Crippen molar-refractivity contribution < 1.29 is 0 Å². The van der Waals surface area contributed by atoms with E-state index in [1.807, 2.05) is 0 Å². The molecule has 0 N–H and O–H groups in total. The summed E-state index contributed by atoms with van der Waals surface area (Å²) in [7, 11) is 0. The molecule has 20 heavy (non-hydrogen) atoms. The molecule has 1 aliphatic rings. The second-order valence-electron chi connectivity index (χ2n) is 5.00. The van der Waals surface area contributed by atoms with Gasteiger partial charge in [-0.15, -0.1) is 11.3 Å². The lowest BCUT2D eigenvalue weighted by Crippen LogP contribution is -2.47. The molecule has 0 aromatic carbocycles. The minimum atomic E-state index is 1.05. The van der Waals surface area contributed by atoms with Gasteiger partial charge >= 0.3 is 0 Å². The van der Waals surface area contributed by atoms with E-state index in [0.717, 1.165) is 55.1 Å². The lowest BCUT2D eigenvalue weighted by Gasteiger charge is -2.35. The van der Waals surface area contributed by atoms with Gasteiger partial charge in [-0.1, -0.05) is 22.9 Å². The summed E-state index contributed by atoms with van der Waals surface area (Å²) in [5.41, 5.74) is 0. The number of fused-ring (bicyclic) bond motifs is 1. The number of aromatic nitrogens is 2. The van der Waals surface area contributed by atoms with Crippen LogP contribution in [0.2, 0.25) is 0 Å². The fourth-order valence-corrected chi connectivity index (χ4v) is 4.05. The highest BCUT2D eigenvalue weighted by molar-refractivity contribution is 9.09. The molecule has 6 heteroatoms. The van der Waals surface area contributed by atoms with Crippen LogP contribution in [0.1, 0.15) is 11.8 Å². The van der Waals surface area contributed by atoms with E-state index >= 15 is 0 Å². The third-order valence-electron chi connectivity index (χ3n) is 3.78. The van der Waals surface area contributed by atoms with Crippen molar-refractivity contribution in [3.05, 3.63) is 17.3 Å². The molecule has 4 nitrogen and oxygen atoms in total. The summed E-state index contributed by atoms with van der Waals surface area (Å²) < 4.78 is 0. The van der Waals surface area contributed by atoms with Gasteiger partial charge in [0.1, 0.15) is 17.0 Å². The molecular weight excluding hydrogens is 336 g/mol. The van der Waals surface area contributed by atoms with Gasteiger partial charge in [0.25, 0.3) is 0 Å². The molecule has 0 radical (unpaired) electrons. The number of alkyl halides is 1. The molecule has 0 unspecified atom stereocenters. The van der Waals surface area contributed by atoms with Gasteiger partial charge in [0.05, 0.1) is 5.39 Å². The van der Waals surface area contributed by atoms with Crippen molar-refractivity contribution in [3.63, 3.8) is 0 Å². The van der Waals surface area contributed by atoms with E-state index in [2.05, 4.69) is 48.7 Å². The number of hydrogen-bond acceptors (Lipinski definition) is 5. The number of anilines is 1. The number of rotatable bonds is 4. The topological polar surface area (TPSA) is 32.3 Å². The Morgan fingerprint density at radius 1 is 1.25 bits per heavy atom. The van der Waals surface area contributed by atoms with Crippen LogP contribution in [0, 0.1) is 0 Å². The van der Waals surface area contributed by atoms with Crippen LogP contribution in [0.15, 0.2) is 12.4 Å². The number of halogens is 1. The van der Waals surface area contributed by atoms with Crippen molar-refractivity contribution in [1.82, 2.24) is 14.9 Å². The highest BCUT2D eigenvalue weighted by atomic mass is 79.9. The summed E-state index contributed by atoms with van der Waals surface area (Å²) >= 11 is 5.30. The second kappa shape index (κ2) is 6.37. The maximum Gasteiger partial charge on any atom is 0.140 e. The molecule has 0 bridgehead atoms. The molecule has 0 spiro atoms. The van der Waals surface area contributed by atoms with Crippen molar-refractivity contribution in [2.24, 2.45) is 0 Å². The number of hydrogen-bond donors (Lipinski definition) is 0. The Kier molecular flexibility index (Phi) is 4.53. The SMILES string of the molecule is CCc1cc2c(N3CCN(CCBr)CC3)ncnc2s1. The maximum absolute atomic E-state index is 4.54. The first-order valence-corrected chi connectivity index (χ1v) is 9.02. The van der Waals surface area contributed by atoms with E-state index in [9.17, 15) is 0 Å². The first-order chi connectivity index (χ1) is 9.81. The maximum atomic E-state index is 4.54. The average Bonchev–Trinajstić information content (AvgIpc) is 2.91. The normalized spacial score (nSPS) is 17.0. The molecule has 0 amide bonds. The third-order valence-corrected chi connectivity index (χ3v) is 5.32. The van der Waals surface area contributed by atoms with Gasteiger partial charge in [-0.05, 0) is 12.5 Å². The molecule has 0 atom stereocenters. The second-order valence-corrected chi connectivity index (χ2v) is 6.91. The fraction of sp³-hybridized carbons (Fsp3) is 0.571. The van der Waals surface area contributed by atoms with Gasteiger partial charge in [0.15, 0.2) is 0 Å². The molecule has 0 saturated carbocycles. The predicted octanol–water partition coefficient (Wildman–Crippen LogP) is 2.77. The van der Waals surface area contributed by atoms with Crippen molar-refractivity contribution >= 4 is 43.3 Å². The number of nitrogens with zero attached hydrogens (tertiary/aromatic N) is 4. The Hall–Kier alpha value is -0.720. The summed E-state index contributed by atoms with van der Waals surface area (Å²) in [4.78, 5) is 16.4. The predicted molar refractivity (Wildman–Crippen MR) is 89.2 cm³/mol. The van der Waals surface area contributed by atoms with Crippen molar-refractivity contribution in [2.75, 3.05) is 43.0 Å². The van der Waals surface area contributed by atoms with E-state index in [-0.39, 0.29) is 0 Å². The first kappa shape index (κ1) is 14.2. The number of thiophene rings is 1. The summed E-state index contributed by atoms with van der Waals surface area (Å²) in [6.07, 6.45) is 2.78. The summed E-state index contributed by atoms with van der Waals surface area (Å²) in [6, 6.07) is 2.26. The fourth-order valence-electron chi connectivity index (χ4n) is 2.62. The van der Waals surface area contributed by atoms with Gasteiger partial charge in [-0.2, -0.15) is 0 Å². The Labute approximate surface area is 131 Å². The van der Waals surface area contributed by atoms with Crippen molar-refractivity contribution in [2.45, 2.75) is 13.3 Å². The molecule has 0 aliphatic carbocycles. The van der Waals surface area contributed by atoms with E-state index < -0.39 is 0 Å². The highest BCUT2D eigenvalue weighted by Crippen LogP contribution is 2.30. The Balaban J connectivity index is 1.82. The van der Waals surface area contributed by atoms with Gasteiger partial charge in [-0.25, -0.2) is 9.97 Å². The average molecular weight is 355 g/mol. The molecule has 3 heterocycles. The molecule has 1 fully saturated rings. The van der Waals surface area contributed by atoms with Crippen molar-refractivity contribution in [3.8, 4) is 0 Å². The number of aryl methyl sites for hydroxylation is 1. The van der Waals surface area contributed by atoms with Crippen LogP contribution in [0.4, 0.5) is 5.82 Å². The minimum Gasteiger partial charge on any atom is -0.353 e. The lowest BCUT2D eigenvalue weighted by atomic mass is 10.2. The monoisotopic (exact) mass is 354 g/mol. The molecule has 1 saturated heterocycles.